The number of nitrogens with zero attached hydrogens (tertiary/aromatic N) is 2. The monoisotopic (exact) mass is 347 g/mol. The number of carbonyl (C=O) groups excluding carboxylic acids is 1. The highest BCUT2D eigenvalue weighted by Gasteiger charge is 2.17. The summed E-state index contributed by atoms with van der Waals surface area (Å²) in [6.45, 7) is 3.72. The smallest absolute Gasteiger partial charge is 0.269 e. The van der Waals surface area contributed by atoms with Crippen LogP contribution in [0.1, 0.15) is 23.8 Å². The van der Waals surface area contributed by atoms with E-state index in [-0.39, 0.29) is 5.91 Å². The molecule has 0 saturated heterocycles. The first kappa shape index (κ1) is 18.8. The Kier molecular flexibility index (Phi) is 6.82. The molecule has 2 aromatic rings. The number of ether oxygens (including phenoxy) is 3. The number of aromatic nitrogens is 2. The van der Waals surface area contributed by atoms with Crippen molar-refractivity contribution in [3.05, 3.63) is 30.0 Å². The largest absolute Gasteiger partial charge is 0.497 e. The summed E-state index contributed by atoms with van der Waals surface area (Å²) in [6.07, 6.45) is 0.766. The fourth-order valence-electron chi connectivity index (χ4n) is 2.49. The number of nitrogens with one attached hydrogen (secondary N) is 1. The highest BCUT2D eigenvalue weighted by atomic mass is 16.5. The summed E-state index contributed by atoms with van der Waals surface area (Å²) in [7, 11) is 4.84. The van der Waals surface area contributed by atoms with Crippen molar-refractivity contribution in [3.63, 3.8) is 0 Å². The fraction of sp³-hybridized carbons (Fsp3) is 0.444. The van der Waals surface area contributed by atoms with Crippen LogP contribution in [0.5, 0.6) is 11.5 Å². The minimum atomic E-state index is -0.149. The summed E-state index contributed by atoms with van der Waals surface area (Å²) in [5, 5.41) is 7.43. The van der Waals surface area contributed by atoms with E-state index in [1.807, 2.05) is 19.1 Å². The van der Waals surface area contributed by atoms with E-state index in [1.165, 1.54) is 0 Å². The molecule has 0 aliphatic rings. The van der Waals surface area contributed by atoms with Gasteiger partial charge in [0.2, 0.25) is 0 Å². The highest BCUT2D eigenvalue weighted by molar-refractivity contribution is 5.94. The third kappa shape index (κ3) is 4.51. The summed E-state index contributed by atoms with van der Waals surface area (Å²) < 4.78 is 17.3. The van der Waals surface area contributed by atoms with E-state index in [4.69, 9.17) is 14.2 Å². The minimum Gasteiger partial charge on any atom is -0.497 e. The molecule has 0 aliphatic heterocycles. The zero-order valence-electron chi connectivity index (χ0n) is 15.2. The number of carbonyl (C=O) groups is 1. The zero-order valence-corrected chi connectivity index (χ0v) is 15.2. The van der Waals surface area contributed by atoms with Crippen LogP contribution >= 0.6 is 0 Å². The first-order chi connectivity index (χ1) is 12.1. The van der Waals surface area contributed by atoms with Gasteiger partial charge in [-0.05, 0) is 31.5 Å². The lowest BCUT2D eigenvalue weighted by Gasteiger charge is -2.08. The molecule has 1 aromatic carbocycles. The van der Waals surface area contributed by atoms with Gasteiger partial charge in [0.15, 0.2) is 0 Å². The number of hydrogen-bond acceptors (Lipinski definition) is 5. The zero-order chi connectivity index (χ0) is 18.2. The SMILES string of the molecule is CCn1nc(-c2ccc(OC)cc2OC)cc1C(=O)NCCCOC. The Balaban J connectivity index is 2.26. The van der Waals surface area contributed by atoms with E-state index < -0.39 is 0 Å². The number of aryl methyl sites for hydroxylation is 1. The molecule has 7 nitrogen and oxygen atoms in total. The third-order valence-electron chi connectivity index (χ3n) is 3.81. The molecule has 0 unspecified atom stereocenters. The summed E-state index contributed by atoms with van der Waals surface area (Å²) in [5.74, 6) is 1.20. The van der Waals surface area contributed by atoms with Gasteiger partial charge in [-0.3, -0.25) is 9.48 Å². The third-order valence-corrected chi connectivity index (χ3v) is 3.81. The number of rotatable bonds is 9. The molecule has 0 atom stereocenters. The summed E-state index contributed by atoms with van der Waals surface area (Å²) in [4.78, 5) is 12.4. The fourth-order valence-corrected chi connectivity index (χ4v) is 2.49. The van der Waals surface area contributed by atoms with Gasteiger partial charge >= 0.3 is 0 Å². The molecule has 0 aliphatic carbocycles. The predicted octanol–water partition coefficient (Wildman–Crippen LogP) is 2.35. The quantitative estimate of drug-likeness (QED) is 0.705. The summed E-state index contributed by atoms with van der Waals surface area (Å²) in [5.41, 5.74) is 2.01. The van der Waals surface area contributed by atoms with Crippen LogP contribution in [-0.2, 0) is 11.3 Å². The molecule has 0 saturated carbocycles. The summed E-state index contributed by atoms with van der Waals surface area (Å²) in [6, 6.07) is 7.29. The van der Waals surface area contributed by atoms with Crippen molar-refractivity contribution in [2.24, 2.45) is 0 Å². The van der Waals surface area contributed by atoms with Crippen LogP contribution in [0.3, 0.4) is 0 Å². The molecular weight excluding hydrogens is 322 g/mol. The molecule has 0 fully saturated rings. The van der Waals surface area contributed by atoms with E-state index in [2.05, 4.69) is 10.4 Å². The average Bonchev–Trinajstić information content (AvgIpc) is 3.08. The van der Waals surface area contributed by atoms with E-state index in [9.17, 15) is 4.79 Å². The molecule has 7 heteroatoms. The van der Waals surface area contributed by atoms with Crippen LogP contribution in [0.2, 0.25) is 0 Å². The van der Waals surface area contributed by atoms with Gasteiger partial charge in [-0.25, -0.2) is 0 Å². The Hall–Kier alpha value is -2.54. The van der Waals surface area contributed by atoms with Crippen molar-refractivity contribution in [1.29, 1.82) is 0 Å². The van der Waals surface area contributed by atoms with Gasteiger partial charge in [0, 0.05) is 38.4 Å². The number of benzene rings is 1. The minimum absolute atomic E-state index is 0.149. The molecule has 0 bridgehead atoms. The first-order valence-corrected chi connectivity index (χ1v) is 8.22. The Bertz CT molecular complexity index is 712. The molecule has 1 aromatic heterocycles. The second-order valence-electron chi connectivity index (χ2n) is 5.40. The lowest BCUT2D eigenvalue weighted by atomic mass is 10.1. The second kappa shape index (κ2) is 9.08. The normalized spacial score (nSPS) is 10.6. The van der Waals surface area contributed by atoms with Gasteiger partial charge in [0.05, 0.1) is 19.9 Å². The van der Waals surface area contributed by atoms with E-state index in [0.29, 0.717) is 42.6 Å². The molecule has 1 amide bonds. The van der Waals surface area contributed by atoms with Crippen molar-refractivity contribution in [2.45, 2.75) is 19.9 Å². The summed E-state index contributed by atoms with van der Waals surface area (Å²) >= 11 is 0. The van der Waals surface area contributed by atoms with Gasteiger partial charge in [-0.2, -0.15) is 5.10 Å². The van der Waals surface area contributed by atoms with Crippen molar-refractivity contribution in [1.82, 2.24) is 15.1 Å². The lowest BCUT2D eigenvalue weighted by molar-refractivity contribution is 0.0938. The highest BCUT2D eigenvalue weighted by Crippen LogP contribution is 2.32. The Morgan fingerprint density at radius 1 is 1.20 bits per heavy atom. The van der Waals surface area contributed by atoms with Gasteiger partial charge in [0.25, 0.3) is 5.91 Å². The van der Waals surface area contributed by atoms with Gasteiger partial charge in [-0.15, -0.1) is 0 Å². The molecule has 136 valence electrons. The average molecular weight is 347 g/mol. The molecule has 0 spiro atoms. The van der Waals surface area contributed by atoms with Gasteiger partial charge in [0.1, 0.15) is 17.2 Å². The van der Waals surface area contributed by atoms with Crippen molar-refractivity contribution in [3.8, 4) is 22.8 Å². The topological polar surface area (TPSA) is 74.6 Å². The number of amides is 1. The Labute approximate surface area is 147 Å². The number of methoxy groups -OCH3 is 3. The van der Waals surface area contributed by atoms with Crippen LogP contribution in [-0.4, -0.2) is 50.2 Å². The van der Waals surface area contributed by atoms with Crippen LogP contribution in [0.4, 0.5) is 0 Å². The van der Waals surface area contributed by atoms with E-state index in [0.717, 1.165) is 12.0 Å². The van der Waals surface area contributed by atoms with Crippen LogP contribution in [0.25, 0.3) is 11.3 Å². The van der Waals surface area contributed by atoms with Crippen molar-refractivity contribution < 1.29 is 19.0 Å². The van der Waals surface area contributed by atoms with E-state index in [1.54, 1.807) is 38.1 Å². The van der Waals surface area contributed by atoms with Crippen LogP contribution < -0.4 is 14.8 Å². The lowest BCUT2D eigenvalue weighted by Crippen LogP contribution is -2.27. The molecule has 2 rings (SSSR count). The molecule has 1 N–H and O–H groups in total. The Morgan fingerprint density at radius 2 is 2.00 bits per heavy atom. The maximum atomic E-state index is 12.4. The van der Waals surface area contributed by atoms with E-state index >= 15 is 0 Å². The van der Waals surface area contributed by atoms with Crippen LogP contribution in [0, 0.1) is 0 Å². The van der Waals surface area contributed by atoms with Gasteiger partial charge < -0.3 is 19.5 Å². The maximum absolute atomic E-state index is 12.4. The first-order valence-electron chi connectivity index (χ1n) is 8.22. The number of hydrogen-bond donors (Lipinski definition) is 1. The predicted molar refractivity (Wildman–Crippen MR) is 95.3 cm³/mol. The van der Waals surface area contributed by atoms with Crippen LogP contribution in [0.15, 0.2) is 24.3 Å². The van der Waals surface area contributed by atoms with Crippen molar-refractivity contribution >= 4 is 5.91 Å². The second-order valence-corrected chi connectivity index (χ2v) is 5.40. The Morgan fingerprint density at radius 3 is 2.64 bits per heavy atom. The molecule has 1 heterocycles. The maximum Gasteiger partial charge on any atom is 0.269 e. The molecule has 25 heavy (non-hydrogen) atoms. The molecular formula is C18H25N3O4. The van der Waals surface area contributed by atoms with Gasteiger partial charge in [-0.1, -0.05) is 0 Å². The molecule has 0 radical (unpaired) electrons. The van der Waals surface area contributed by atoms with Crippen molar-refractivity contribution in [2.75, 3.05) is 34.5 Å². The standard InChI is InChI=1S/C18H25N3O4/c1-5-21-16(18(22)19-9-6-10-23-2)12-15(20-21)14-8-7-13(24-3)11-17(14)25-4/h7-8,11-12H,5-6,9-10H2,1-4H3,(H,19,22).